The lowest BCUT2D eigenvalue weighted by Crippen LogP contribution is -2.29. The molecule has 5 heteroatoms. The van der Waals surface area contributed by atoms with Crippen LogP contribution in [0.4, 0.5) is 0 Å². The molecule has 3 atom stereocenters. The average molecular weight is 312 g/mol. The Morgan fingerprint density at radius 3 is 2.43 bits per heavy atom. The monoisotopic (exact) mass is 312 g/mol. The average Bonchev–Trinajstić information content (AvgIpc) is 2.87. The summed E-state index contributed by atoms with van der Waals surface area (Å²) in [4.78, 5) is 11.8. The minimum atomic E-state index is -0.974. The van der Waals surface area contributed by atoms with Gasteiger partial charge in [0.15, 0.2) is 0 Å². The summed E-state index contributed by atoms with van der Waals surface area (Å²) < 4.78 is 0. The predicted molar refractivity (Wildman–Crippen MR) is 87.9 cm³/mol. The van der Waals surface area contributed by atoms with Crippen molar-refractivity contribution < 1.29 is 15.0 Å². The Morgan fingerprint density at radius 2 is 1.87 bits per heavy atom. The first-order chi connectivity index (χ1) is 11.0. The van der Waals surface area contributed by atoms with Gasteiger partial charge in [0, 0.05) is 12.1 Å². The first-order valence-electron chi connectivity index (χ1n) is 7.59. The van der Waals surface area contributed by atoms with Crippen molar-refractivity contribution in [3.8, 4) is 11.1 Å². The minimum absolute atomic E-state index is 0.277. The van der Waals surface area contributed by atoms with Crippen molar-refractivity contribution in [1.82, 2.24) is 5.32 Å². The number of benzene rings is 2. The van der Waals surface area contributed by atoms with Crippen molar-refractivity contribution in [3.63, 3.8) is 0 Å². The summed E-state index contributed by atoms with van der Waals surface area (Å²) in [6.07, 6.45) is -1.83. The molecule has 1 amide bonds. The third kappa shape index (κ3) is 2.74. The maximum Gasteiger partial charge on any atom is 0.249 e. The smallest absolute Gasteiger partial charge is 0.249 e. The Morgan fingerprint density at radius 1 is 1.17 bits per heavy atom. The second kappa shape index (κ2) is 6.12. The summed E-state index contributed by atoms with van der Waals surface area (Å²) in [6.45, 7) is 2.18. The lowest BCUT2D eigenvalue weighted by atomic mass is 9.87. The molecule has 0 radical (unpaired) electrons. The molecule has 1 aliphatic heterocycles. The maximum atomic E-state index is 11.8. The molecule has 1 aliphatic rings. The fraction of sp³-hybridized carbons (Fsp3) is 0.278. The van der Waals surface area contributed by atoms with Crippen LogP contribution in [-0.4, -0.2) is 34.9 Å². The highest BCUT2D eigenvalue weighted by atomic mass is 16.3. The zero-order valence-corrected chi connectivity index (χ0v) is 12.9. The van der Waals surface area contributed by atoms with Gasteiger partial charge in [0.25, 0.3) is 0 Å². The molecule has 0 spiro atoms. The van der Waals surface area contributed by atoms with Gasteiger partial charge < -0.3 is 21.3 Å². The van der Waals surface area contributed by atoms with Gasteiger partial charge in [-0.25, -0.2) is 0 Å². The molecule has 0 bridgehead atoms. The first kappa shape index (κ1) is 15.7. The van der Waals surface area contributed by atoms with Gasteiger partial charge in [-0.2, -0.15) is 0 Å². The molecule has 120 valence electrons. The molecule has 1 fully saturated rings. The van der Waals surface area contributed by atoms with Gasteiger partial charge in [-0.1, -0.05) is 36.4 Å². The molecule has 3 unspecified atom stereocenters. The Hall–Kier alpha value is -2.21. The predicted octanol–water partition coefficient (Wildman–Crippen LogP) is 1.13. The van der Waals surface area contributed by atoms with E-state index in [2.05, 4.69) is 5.32 Å². The summed E-state index contributed by atoms with van der Waals surface area (Å²) in [5, 5.41) is 23.1. The van der Waals surface area contributed by atoms with Crippen molar-refractivity contribution >= 4 is 5.91 Å². The second-order valence-corrected chi connectivity index (χ2v) is 5.87. The van der Waals surface area contributed by atoms with Crippen molar-refractivity contribution in [3.05, 3.63) is 59.2 Å². The van der Waals surface area contributed by atoms with Gasteiger partial charge in [0.05, 0.1) is 12.1 Å². The number of hydrogen-bond acceptors (Lipinski definition) is 4. The third-order valence-corrected chi connectivity index (χ3v) is 4.46. The summed E-state index contributed by atoms with van der Waals surface area (Å²) in [5.41, 5.74) is 9.40. The van der Waals surface area contributed by atoms with Gasteiger partial charge in [-0.15, -0.1) is 0 Å². The van der Waals surface area contributed by atoms with Crippen LogP contribution in [-0.2, 0) is 0 Å². The number of nitrogens with two attached hydrogens (primary N) is 1. The van der Waals surface area contributed by atoms with E-state index in [1.54, 1.807) is 6.07 Å². The summed E-state index contributed by atoms with van der Waals surface area (Å²) in [5.74, 6) is -0.543. The van der Waals surface area contributed by atoms with Crippen molar-refractivity contribution in [2.45, 2.75) is 25.2 Å². The lowest BCUT2D eigenvalue weighted by molar-refractivity contribution is 0.0402. The second-order valence-electron chi connectivity index (χ2n) is 5.87. The Bertz CT molecular complexity index is 731. The van der Waals surface area contributed by atoms with Crippen molar-refractivity contribution in [2.75, 3.05) is 6.54 Å². The third-order valence-electron chi connectivity index (χ3n) is 4.46. The fourth-order valence-corrected chi connectivity index (χ4v) is 3.26. The number of hydrogen-bond donors (Lipinski definition) is 4. The molecule has 1 saturated heterocycles. The summed E-state index contributed by atoms with van der Waals surface area (Å²) in [7, 11) is 0. The Kier molecular flexibility index (Phi) is 4.17. The fourth-order valence-electron chi connectivity index (χ4n) is 3.26. The number of aliphatic hydroxyl groups is 2. The number of rotatable bonds is 3. The highest BCUT2D eigenvalue weighted by molar-refractivity contribution is 5.96. The van der Waals surface area contributed by atoms with Crippen LogP contribution in [0.15, 0.2) is 42.5 Å². The Balaban J connectivity index is 2.17. The van der Waals surface area contributed by atoms with Gasteiger partial charge in [-0.05, 0) is 35.2 Å². The molecule has 0 aromatic heterocycles. The van der Waals surface area contributed by atoms with Crippen LogP contribution in [0.25, 0.3) is 11.1 Å². The quantitative estimate of drug-likeness (QED) is 0.683. The van der Waals surface area contributed by atoms with Gasteiger partial charge in [0.2, 0.25) is 5.91 Å². The van der Waals surface area contributed by atoms with E-state index in [4.69, 9.17) is 5.73 Å². The molecule has 5 N–H and O–H groups in total. The first-order valence-corrected chi connectivity index (χ1v) is 7.59. The topological polar surface area (TPSA) is 95.6 Å². The van der Waals surface area contributed by atoms with Gasteiger partial charge in [0.1, 0.15) is 6.10 Å². The van der Waals surface area contributed by atoms with Crippen LogP contribution in [0.1, 0.15) is 27.5 Å². The molecule has 2 aromatic carbocycles. The summed E-state index contributed by atoms with van der Waals surface area (Å²) >= 11 is 0. The maximum absolute atomic E-state index is 11.8. The van der Waals surface area contributed by atoms with Crippen molar-refractivity contribution in [1.29, 1.82) is 0 Å². The number of carbonyl (C=O) groups excluding carboxylic acids is 1. The largest absolute Gasteiger partial charge is 0.389 e. The van der Waals surface area contributed by atoms with E-state index in [9.17, 15) is 15.0 Å². The highest BCUT2D eigenvalue weighted by Gasteiger charge is 2.37. The molecule has 0 saturated carbocycles. The number of β-amino-alcohol motifs (C(OH)–C–C–N with tert-alkyl or cyclic N) is 1. The van der Waals surface area contributed by atoms with Gasteiger partial charge >= 0.3 is 0 Å². The highest BCUT2D eigenvalue weighted by Crippen LogP contribution is 2.35. The minimum Gasteiger partial charge on any atom is -0.389 e. The number of nitrogens with one attached hydrogen (secondary N) is 1. The van der Waals surface area contributed by atoms with E-state index >= 15 is 0 Å². The van der Waals surface area contributed by atoms with Crippen LogP contribution in [0, 0.1) is 6.92 Å². The van der Waals surface area contributed by atoms with E-state index in [0.717, 1.165) is 16.7 Å². The zero-order valence-electron chi connectivity index (χ0n) is 12.9. The van der Waals surface area contributed by atoms with E-state index in [1.165, 1.54) is 0 Å². The molecule has 0 aliphatic carbocycles. The van der Waals surface area contributed by atoms with Crippen LogP contribution < -0.4 is 11.1 Å². The lowest BCUT2D eigenvalue weighted by Gasteiger charge is -2.23. The number of aliphatic hydroxyl groups excluding tert-OH is 2. The van der Waals surface area contributed by atoms with E-state index in [-0.39, 0.29) is 6.54 Å². The Labute approximate surface area is 134 Å². The number of primary amides is 1. The molecule has 1 heterocycles. The number of amides is 1. The van der Waals surface area contributed by atoms with E-state index in [1.807, 2.05) is 43.3 Å². The van der Waals surface area contributed by atoms with Crippen LogP contribution in [0.3, 0.4) is 0 Å². The molecule has 3 rings (SSSR count). The van der Waals surface area contributed by atoms with Crippen LogP contribution >= 0.6 is 0 Å². The molecule has 23 heavy (non-hydrogen) atoms. The van der Waals surface area contributed by atoms with Crippen LogP contribution in [0.2, 0.25) is 0 Å². The SMILES string of the molecule is Cc1c(-c2ccccc2)ccc(C(N)=O)c1C1NCC(O)C1O. The molecular formula is C18H20N2O3. The standard InChI is InChI=1S/C18H20N2O3/c1-10-12(11-5-3-2-4-6-11)7-8-13(18(19)23)15(10)16-17(22)14(21)9-20-16/h2-8,14,16-17,20-22H,9H2,1H3,(H2,19,23). The van der Waals surface area contributed by atoms with Crippen LogP contribution in [0.5, 0.6) is 0 Å². The van der Waals surface area contributed by atoms with Crippen molar-refractivity contribution in [2.24, 2.45) is 5.73 Å². The number of carbonyl (C=O) groups is 1. The molecule has 5 nitrogen and oxygen atoms in total. The zero-order chi connectivity index (χ0) is 16.6. The molecular weight excluding hydrogens is 292 g/mol. The van der Waals surface area contributed by atoms with Gasteiger partial charge in [-0.3, -0.25) is 4.79 Å². The normalized spacial score (nSPS) is 23.9. The summed E-state index contributed by atoms with van der Waals surface area (Å²) in [6, 6.07) is 12.9. The molecule has 2 aromatic rings. The van der Waals surface area contributed by atoms with E-state index < -0.39 is 24.2 Å². The van der Waals surface area contributed by atoms with E-state index in [0.29, 0.717) is 11.1 Å².